The van der Waals surface area contributed by atoms with Crippen LogP contribution >= 0.6 is 0 Å². The number of benzene rings is 3. The second kappa shape index (κ2) is 11.9. The highest BCUT2D eigenvalue weighted by atomic mass is 19.1. The number of rotatable bonds is 7. The van der Waals surface area contributed by atoms with E-state index in [0.29, 0.717) is 26.2 Å². The first-order valence-corrected chi connectivity index (χ1v) is 13.0. The molecule has 2 amide bonds. The Labute approximate surface area is 227 Å². The Morgan fingerprint density at radius 3 is 2.18 bits per heavy atom. The highest BCUT2D eigenvalue weighted by Crippen LogP contribution is 2.24. The lowest BCUT2D eigenvalue weighted by Crippen LogP contribution is -2.52. The number of amides is 2. The molecule has 1 aliphatic heterocycles. The quantitative estimate of drug-likeness (QED) is 0.347. The van der Waals surface area contributed by atoms with Crippen LogP contribution in [0.2, 0.25) is 0 Å². The van der Waals surface area contributed by atoms with E-state index in [2.05, 4.69) is 15.1 Å². The molecule has 1 fully saturated rings. The highest BCUT2D eigenvalue weighted by molar-refractivity contribution is 5.96. The van der Waals surface area contributed by atoms with Crippen LogP contribution in [0.5, 0.6) is 0 Å². The number of hydrogen-bond acceptors (Lipinski definition) is 5. The van der Waals surface area contributed by atoms with Crippen LogP contribution < -0.4 is 4.90 Å². The molecule has 5 rings (SSSR count). The van der Waals surface area contributed by atoms with Gasteiger partial charge in [-0.2, -0.15) is 0 Å². The van der Waals surface area contributed by atoms with Crippen molar-refractivity contribution in [2.24, 2.45) is 0 Å². The SMILES string of the molecule is CC(c1ccccc1)N(CC(=O)N1CCN(c2ccc(-c3ccccc3)nn2)CC1)C(=O)c1cccc(F)c1. The maximum Gasteiger partial charge on any atom is 0.254 e. The lowest BCUT2D eigenvalue weighted by molar-refractivity contribution is -0.132. The number of hydrogen-bond donors (Lipinski definition) is 0. The van der Waals surface area contributed by atoms with E-state index in [4.69, 9.17) is 0 Å². The molecule has 1 saturated heterocycles. The molecule has 0 saturated carbocycles. The summed E-state index contributed by atoms with van der Waals surface area (Å²) in [6.45, 7) is 4.01. The van der Waals surface area contributed by atoms with Crippen molar-refractivity contribution in [2.45, 2.75) is 13.0 Å². The van der Waals surface area contributed by atoms with E-state index in [9.17, 15) is 14.0 Å². The van der Waals surface area contributed by atoms with E-state index in [1.165, 1.54) is 23.1 Å². The molecule has 198 valence electrons. The van der Waals surface area contributed by atoms with Gasteiger partial charge in [-0.3, -0.25) is 9.59 Å². The maximum atomic E-state index is 13.9. The van der Waals surface area contributed by atoms with Crippen molar-refractivity contribution >= 4 is 17.6 Å². The molecule has 1 atom stereocenters. The Hall–Kier alpha value is -4.59. The van der Waals surface area contributed by atoms with E-state index in [0.717, 1.165) is 22.6 Å². The van der Waals surface area contributed by atoms with Crippen molar-refractivity contribution in [1.29, 1.82) is 0 Å². The molecular weight excluding hydrogens is 493 g/mol. The van der Waals surface area contributed by atoms with Crippen LogP contribution in [0.4, 0.5) is 10.2 Å². The average molecular weight is 524 g/mol. The van der Waals surface area contributed by atoms with Gasteiger partial charge in [-0.1, -0.05) is 66.7 Å². The molecule has 7 nitrogen and oxygen atoms in total. The van der Waals surface area contributed by atoms with Crippen molar-refractivity contribution < 1.29 is 14.0 Å². The normalized spacial score (nSPS) is 14.1. The Morgan fingerprint density at radius 1 is 0.846 bits per heavy atom. The van der Waals surface area contributed by atoms with Gasteiger partial charge in [-0.15, -0.1) is 10.2 Å². The van der Waals surface area contributed by atoms with Gasteiger partial charge < -0.3 is 14.7 Å². The number of halogens is 1. The number of aromatic nitrogens is 2. The first-order valence-electron chi connectivity index (χ1n) is 13.0. The van der Waals surface area contributed by atoms with Crippen molar-refractivity contribution in [1.82, 2.24) is 20.0 Å². The van der Waals surface area contributed by atoms with Crippen LogP contribution in [0, 0.1) is 5.82 Å². The lowest BCUT2D eigenvalue weighted by atomic mass is 10.1. The summed E-state index contributed by atoms with van der Waals surface area (Å²) >= 11 is 0. The molecule has 0 bridgehead atoms. The molecule has 8 heteroatoms. The van der Waals surface area contributed by atoms with Crippen LogP contribution in [-0.4, -0.2) is 64.5 Å². The van der Waals surface area contributed by atoms with Crippen LogP contribution in [0.1, 0.15) is 28.9 Å². The third kappa shape index (κ3) is 6.12. The summed E-state index contributed by atoms with van der Waals surface area (Å²) in [6, 6.07) is 28.5. The average Bonchev–Trinajstić information content (AvgIpc) is 3.00. The van der Waals surface area contributed by atoms with E-state index < -0.39 is 5.82 Å². The monoisotopic (exact) mass is 523 g/mol. The van der Waals surface area contributed by atoms with E-state index in [1.807, 2.05) is 79.7 Å². The molecule has 1 aromatic heterocycles. The number of carbonyl (C=O) groups is 2. The third-order valence-electron chi connectivity index (χ3n) is 7.06. The third-order valence-corrected chi connectivity index (χ3v) is 7.06. The summed E-state index contributed by atoms with van der Waals surface area (Å²) in [5, 5.41) is 8.78. The summed E-state index contributed by atoms with van der Waals surface area (Å²) in [5.41, 5.74) is 2.93. The molecule has 0 radical (unpaired) electrons. The summed E-state index contributed by atoms with van der Waals surface area (Å²) in [4.78, 5) is 32.3. The van der Waals surface area contributed by atoms with Crippen molar-refractivity contribution in [3.05, 3.63) is 114 Å². The number of anilines is 1. The van der Waals surface area contributed by atoms with Gasteiger partial charge in [-0.25, -0.2) is 4.39 Å². The first-order chi connectivity index (χ1) is 19.0. The summed E-state index contributed by atoms with van der Waals surface area (Å²) in [7, 11) is 0. The van der Waals surface area contributed by atoms with Gasteiger partial charge in [0.05, 0.1) is 11.7 Å². The predicted octanol–water partition coefficient (Wildman–Crippen LogP) is 4.83. The maximum absolute atomic E-state index is 13.9. The molecule has 2 heterocycles. The van der Waals surface area contributed by atoms with E-state index in [1.54, 1.807) is 11.0 Å². The van der Waals surface area contributed by atoms with Gasteiger partial charge in [0.25, 0.3) is 5.91 Å². The largest absolute Gasteiger partial charge is 0.352 e. The summed E-state index contributed by atoms with van der Waals surface area (Å²) < 4.78 is 13.9. The zero-order valence-corrected chi connectivity index (χ0v) is 21.8. The molecule has 0 aliphatic carbocycles. The Bertz CT molecular complexity index is 1410. The molecule has 0 spiro atoms. The molecule has 39 heavy (non-hydrogen) atoms. The predicted molar refractivity (Wildman–Crippen MR) is 149 cm³/mol. The van der Waals surface area contributed by atoms with Crippen LogP contribution in [0.15, 0.2) is 97.1 Å². The minimum atomic E-state index is -0.490. The second-order valence-electron chi connectivity index (χ2n) is 9.54. The molecule has 0 N–H and O–H groups in total. The van der Waals surface area contributed by atoms with Gasteiger partial charge in [0.1, 0.15) is 12.4 Å². The molecule has 1 unspecified atom stereocenters. The minimum Gasteiger partial charge on any atom is -0.352 e. The van der Waals surface area contributed by atoms with Gasteiger partial charge >= 0.3 is 0 Å². The number of carbonyl (C=O) groups excluding carboxylic acids is 2. The summed E-state index contributed by atoms with van der Waals surface area (Å²) in [6.07, 6.45) is 0. The summed E-state index contributed by atoms with van der Waals surface area (Å²) in [5.74, 6) is -0.253. The second-order valence-corrected chi connectivity index (χ2v) is 9.54. The van der Waals surface area contributed by atoms with Gasteiger partial charge in [-0.05, 0) is 42.8 Å². The zero-order chi connectivity index (χ0) is 27.2. The van der Waals surface area contributed by atoms with Gasteiger partial charge in [0, 0.05) is 37.3 Å². The smallest absolute Gasteiger partial charge is 0.254 e. The number of piperazine rings is 1. The van der Waals surface area contributed by atoms with E-state index >= 15 is 0 Å². The van der Waals surface area contributed by atoms with Gasteiger partial charge in [0.15, 0.2) is 5.82 Å². The topological polar surface area (TPSA) is 69.6 Å². The fourth-order valence-electron chi connectivity index (χ4n) is 4.77. The molecule has 3 aromatic carbocycles. The Kier molecular flexibility index (Phi) is 7.91. The first kappa shape index (κ1) is 26.0. The molecular formula is C31H30FN5O2. The Morgan fingerprint density at radius 2 is 1.54 bits per heavy atom. The fourth-order valence-corrected chi connectivity index (χ4v) is 4.77. The standard InChI is InChI=1S/C31H30FN5O2/c1-23(24-9-4-2-5-10-24)37(31(39)26-13-8-14-27(32)21-26)22-30(38)36-19-17-35(18-20-36)29-16-15-28(33-34-29)25-11-6-3-7-12-25/h2-16,21,23H,17-20,22H2,1H3. The van der Waals surface area contributed by atoms with Gasteiger partial charge in [0.2, 0.25) is 5.91 Å². The molecule has 4 aromatic rings. The van der Waals surface area contributed by atoms with Crippen LogP contribution in [-0.2, 0) is 4.79 Å². The van der Waals surface area contributed by atoms with Crippen LogP contribution in [0.3, 0.4) is 0 Å². The number of nitrogens with zero attached hydrogens (tertiary/aromatic N) is 5. The van der Waals surface area contributed by atoms with E-state index in [-0.39, 0.29) is 30.0 Å². The Balaban J connectivity index is 1.25. The fraction of sp³-hybridized carbons (Fsp3) is 0.226. The van der Waals surface area contributed by atoms with Crippen molar-refractivity contribution in [3.63, 3.8) is 0 Å². The molecule has 1 aliphatic rings. The minimum absolute atomic E-state index is 0.100. The van der Waals surface area contributed by atoms with Crippen LogP contribution in [0.25, 0.3) is 11.3 Å². The zero-order valence-electron chi connectivity index (χ0n) is 21.8. The highest BCUT2D eigenvalue weighted by Gasteiger charge is 2.29. The lowest BCUT2D eigenvalue weighted by Gasteiger charge is -2.37. The van der Waals surface area contributed by atoms with Crippen molar-refractivity contribution in [3.8, 4) is 11.3 Å². The van der Waals surface area contributed by atoms with Crippen molar-refractivity contribution in [2.75, 3.05) is 37.6 Å².